The van der Waals surface area contributed by atoms with Crippen molar-refractivity contribution in [3.63, 3.8) is 0 Å². The van der Waals surface area contributed by atoms with Crippen LogP contribution >= 0.6 is 27.5 Å². The lowest BCUT2D eigenvalue weighted by atomic mass is 10.2. The number of nitrogens with one attached hydrogen (secondary N) is 2. The summed E-state index contributed by atoms with van der Waals surface area (Å²) >= 11 is 9.01. The Balaban J connectivity index is 2.59. The van der Waals surface area contributed by atoms with Crippen LogP contribution in [0.2, 0.25) is 5.02 Å². The second-order valence-electron chi connectivity index (χ2n) is 5.50. The average molecular weight is 416 g/mol. The number of carbonyl (C=O) groups excluding carboxylic acids is 1. The normalized spacial score (nSPS) is 11.3. The van der Waals surface area contributed by atoms with Gasteiger partial charge in [0.2, 0.25) is 0 Å². The molecule has 1 rings (SSSR count). The van der Waals surface area contributed by atoms with Crippen molar-refractivity contribution >= 4 is 39.3 Å². The molecule has 1 aromatic carbocycles. The van der Waals surface area contributed by atoms with Gasteiger partial charge in [0.15, 0.2) is 5.75 Å². The molecule has 0 saturated carbocycles. The number of anilines is 1. The number of rotatable bonds is 6. The van der Waals surface area contributed by atoms with E-state index in [4.69, 9.17) is 16.3 Å². The van der Waals surface area contributed by atoms with Crippen LogP contribution in [0.15, 0.2) is 16.6 Å². The van der Waals surface area contributed by atoms with Gasteiger partial charge in [-0.05, 0) is 48.8 Å². The van der Waals surface area contributed by atoms with Gasteiger partial charge in [0.05, 0.1) is 10.2 Å². The van der Waals surface area contributed by atoms with Gasteiger partial charge in [-0.15, -0.1) is 0 Å². The Morgan fingerprint density at radius 3 is 2.57 bits per heavy atom. The lowest BCUT2D eigenvalue weighted by Gasteiger charge is -2.20. The molecule has 0 unspecified atom stereocenters. The van der Waals surface area contributed by atoms with Crippen LogP contribution in [-0.4, -0.2) is 31.4 Å². The molecule has 0 aliphatic carbocycles. The molecule has 0 saturated heterocycles. The summed E-state index contributed by atoms with van der Waals surface area (Å²) in [6.07, 6.45) is -0.560. The second kappa shape index (κ2) is 8.54. The molecule has 0 aliphatic heterocycles. The predicted molar refractivity (Wildman–Crippen MR) is 88.5 cm³/mol. The number of ether oxygens (including phenoxy) is 2. The van der Waals surface area contributed by atoms with Gasteiger partial charge < -0.3 is 20.1 Å². The molecule has 0 fully saturated rings. The Labute approximate surface area is 146 Å². The predicted octanol–water partition coefficient (Wildman–Crippen LogP) is 4.64. The largest absolute Gasteiger partial charge is 0.444 e. The fraction of sp³-hybridized carbons (Fsp3) is 0.500. The van der Waals surface area contributed by atoms with Crippen LogP contribution in [0.3, 0.4) is 0 Å². The number of hydrogen-bond acceptors (Lipinski definition) is 4. The van der Waals surface area contributed by atoms with E-state index in [-0.39, 0.29) is 24.5 Å². The lowest BCUT2D eigenvalue weighted by Crippen LogP contribution is -2.35. The summed E-state index contributed by atoms with van der Waals surface area (Å²) in [6, 6.07) is 2.90. The summed E-state index contributed by atoms with van der Waals surface area (Å²) in [5.41, 5.74) is -0.302. The molecule has 2 N–H and O–H groups in total. The van der Waals surface area contributed by atoms with E-state index >= 15 is 0 Å². The molecule has 1 amide bonds. The highest BCUT2D eigenvalue weighted by molar-refractivity contribution is 9.10. The summed E-state index contributed by atoms with van der Waals surface area (Å²) in [5.74, 6) is -0.0540. The maximum atomic E-state index is 12.5. The van der Waals surface area contributed by atoms with E-state index in [9.17, 15) is 13.6 Å². The lowest BCUT2D eigenvalue weighted by molar-refractivity contribution is -0.0498. The van der Waals surface area contributed by atoms with Crippen molar-refractivity contribution in [1.82, 2.24) is 5.32 Å². The number of benzene rings is 1. The first-order chi connectivity index (χ1) is 10.6. The summed E-state index contributed by atoms with van der Waals surface area (Å²) < 4.78 is 34.7. The van der Waals surface area contributed by atoms with Gasteiger partial charge >= 0.3 is 12.7 Å². The topological polar surface area (TPSA) is 59.6 Å². The molecular formula is C14H18BrClF2N2O3. The molecule has 130 valence electrons. The summed E-state index contributed by atoms with van der Waals surface area (Å²) in [6.45, 7) is 2.79. The van der Waals surface area contributed by atoms with Crippen molar-refractivity contribution in [2.45, 2.75) is 33.0 Å². The van der Waals surface area contributed by atoms with Crippen molar-refractivity contribution in [3.05, 3.63) is 21.6 Å². The molecule has 23 heavy (non-hydrogen) atoms. The van der Waals surface area contributed by atoms with Gasteiger partial charge in [0, 0.05) is 18.1 Å². The highest BCUT2D eigenvalue weighted by atomic mass is 79.9. The number of carbonyl (C=O) groups is 1. The number of amides is 1. The zero-order chi connectivity index (χ0) is 17.6. The molecule has 0 atom stereocenters. The van der Waals surface area contributed by atoms with Crippen LogP contribution in [0.1, 0.15) is 20.8 Å². The fourth-order valence-electron chi connectivity index (χ4n) is 1.58. The number of alkyl halides is 2. The number of halogens is 4. The maximum Gasteiger partial charge on any atom is 0.407 e. The first kappa shape index (κ1) is 19.8. The van der Waals surface area contributed by atoms with Gasteiger partial charge in [-0.25, -0.2) is 4.79 Å². The van der Waals surface area contributed by atoms with Crippen molar-refractivity contribution in [2.75, 3.05) is 18.4 Å². The van der Waals surface area contributed by atoms with Gasteiger partial charge in [-0.2, -0.15) is 8.78 Å². The smallest absolute Gasteiger partial charge is 0.407 e. The monoisotopic (exact) mass is 414 g/mol. The molecule has 0 aliphatic rings. The standard InChI is InChI=1S/C14H18BrClF2N2O3/c1-14(2,3)23-13(21)20-5-4-19-10-7-8(16)6-9(15)11(10)22-12(17)18/h6-7,12,19H,4-5H2,1-3H3,(H,20,21). The maximum absolute atomic E-state index is 12.5. The highest BCUT2D eigenvalue weighted by Crippen LogP contribution is 2.37. The number of alkyl carbamates (subject to hydrolysis) is 1. The third-order valence-electron chi connectivity index (χ3n) is 2.32. The first-order valence-electron chi connectivity index (χ1n) is 6.73. The molecule has 0 spiro atoms. The van der Waals surface area contributed by atoms with Crippen molar-refractivity contribution in [1.29, 1.82) is 0 Å². The minimum Gasteiger partial charge on any atom is -0.444 e. The van der Waals surface area contributed by atoms with E-state index in [0.717, 1.165) is 0 Å². The van der Waals surface area contributed by atoms with E-state index < -0.39 is 18.3 Å². The van der Waals surface area contributed by atoms with Crippen LogP contribution in [0, 0.1) is 0 Å². The Bertz CT molecular complexity index is 554. The van der Waals surface area contributed by atoms with Crippen molar-refractivity contribution < 1.29 is 23.0 Å². The fourth-order valence-corrected chi connectivity index (χ4v) is 2.48. The van der Waals surface area contributed by atoms with E-state index in [1.165, 1.54) is 12.1 Å². The quantitative estimate of drug-likeness (QED) is 0.665. The van der Waals surface area contributed by atoms with Crippen LogP contribution in [0.5, 0.6) is 5.75 Å². The van der Waals surface area contributed by atoms with E-state index in [1.54, 1.807) is 20.8 Å². The molecule has 5 nitrogen and oxygen atoms in total. The van der Waals surface area contributed by atoms with E-state index in [2.05, 4.69) is 31.3 Å². The van der Waals surface area contributed by atoms with E-state index in [0.29, 0.717) is 9.50 Å². The Hall–Kier alpha value is -1.28. The summed E-state index contributed by atoms with van der Waals surface area (Å²) in [4.78, 5) is 11.5. The molecule has 0 heterocycles. The molecule has 9 heteroatoms. The molecular weight excluding hydrogens is 398 g/mol. The first-order valence-corrected chi connectivity index (χ1v) is 7.90. The highest BCUT2D eigenvalue weighted by Gasteiger charge is 2.16. The third kappa shape index (κ3) is 7.69. The van der Waals surface area contributed by atoms with Gasteiger partial charge in [-0.3, -0.25) is 0 Å². The average Bonchev–Trinajstić information content (AvgIpc) is 2.36. The van der Waals surface area contributed by atoms with Gasteiger partial charge in [-0.1, -0.05) is 11.6 Å². The minimum atomic E-state index is -2.96. The summed E-state index contributed by atoms with van der Waals surface area (Å²) in [5, 5.41) is 5.77. The van der Waals surface area contributed by atoms with E-state index in [1.807, 2.05) is 0 Å². The zero-order valence-corrected chi connectivity index (χ0v) is 15.2. The Morgan fingerprint density at radius 1 is 1.35 bits per heavy atom. The zero-order valence-electron chi connectivity index (χ0n) is 12.9. The van der Waals surface area contributed by atoms with Crippen LogP contribution in [0.4, 0.5) is 19.3 Å². The Morgan fingerprint density at radius 2 is 2.00 bits per heavy atom. The second-order valence-corrected chi connectivity index (χ2v) is 6.79. The van der Waals surface area contributed by atoms with Crippen LogP contribution in [-0.2, 0) is 4.74 Å². The molecule has 1 aromatic rings. The van der Waals surface area contributed by atoms with Gasteiger partial charge in [0.1, 0.15) is 5.60 Å². The third-order valence-corrected chi connectivity index (χ3v) is 3.13. The summed E-state index contributed by atoms with van der Waals surface area (Å²) in [7, 11) is 0. The molecule has 0 aromatic heterocycles. The molecule has 0 radical (unpaired) electrons. The Kier molecular flexibility index (Phi) is 7.34. The van der Waals surface area contributed by atoms with Crippen LogP contribution < -0.4 is 15.4 Å². The van der Waals surface area contributed by atoms with Crippen molar-refractivity contribution in [2.24, 2.45) is 0 Å². The van der Waals surface area contributed by atoms with Crippen molar-refractivity contribution in [3.8, 4) is 5.75 Å². The van der Waals surface area contributed by atoms with Gasteiger partial charge in [0.25, 0.3) is 0 Å². The molecule has 0 bridgehead atoms. The SMILES string of the molecule is CC(C)(C)OC(=O)NCCNc1cc(Cl)cc(Br)c1OC(F)F. The number of hydrogen-bond donors (Lipinski definition) is 2. The van der Waals surface area contributed by atoms with Crippen LogP contribution in [0.25, 0.3) is 0 Å². The minimum absolute atomic E-state index is 0.0540.